The third-order valence-corrected chi connectivity index (χ3v) is 3.39. The monoisotopic (exact) mass is 286 g/mol. The van der Waals surface area contributed by atoms with Gasteiger partial charge in [-0.2, -0.15) is 0 Å². The third-order valence-electron chi connectivity index (χ3n) is 3.39. The first kappa shape index (κ1) is 15.3. The molecule has 2 rings (SSSR count). The van der Waals surface area contributed by atoms with Gasteiger partial charge in [-0.3, -0.25) is 4.98 Å². The first-order valence-electron chi connectivity index (χ1n) is 6.93. The van der Waals surface area contributed by atoms with E-state index >= 15 is 0 Å². The zero-order chi connectivity index (χ0) is 15.3. The van der Waals surface area contributed by atoms with Crippen LogP contribution in [0.4, 0.5) is 0 Å². The lowest BCUT2D eigenvalue weighted by atomic mass is 9.88. The quantitative estimate of drug-likeness (QED) is 0.887. The summed E-state index contributed by atoms with van der Waals surface area (Å²) in [5.74, 6) is 1.46. The molecule has 0 radical (unpaired) electrons. The van der Waals surface area contributed by atoms with Crippen LogP contribution < -0.4 is 15.2 Å². The number of benzene rings is 1. The molecule has 4 heteroatoms. The fraction of sp³-hybridized carbons (Fsp3) is 0.353. The Bertz CT molecular complexity index is 583. The highest BCUT2D eigenvalue weighted by atomic mass is 16.5. The Morgan fingerprint density at radius 3 is 2.38 bits per heavy atom. The van der Waals surface area contributed by atoms with E-state index in [1.807, 2.05) is 36.5 Å². The molecule has 1 aromatic carbocycles. The minimum atomic E-state index is -0.345. The van der Waals surface area contributed by atoms with Gasteiger partial charge in [0.05, 0.1) is 14.2 Å². The molecule has 0 saturated heterocycles. The van der Waals surface area contributed by atoms with Crippen molar-refractivity contribution >= 4 is 0 Å². The number of pyridine rings is 1. The van der Waals surface area contributed by atoms with Gasteiger partial charge in [-0.05, 0) is 49.1 Å². The molecule has 1 unspecified atom stereocenters. The zero-order valence-corrected chi connectivity index (χ0v) is 12.8. The van der Waals surface area contributed by atoms with E-state index in [0.29, 0.717) is 0 Å². The van der Waals surface area contributed by atoms with Gasteiger partial charge >= 0.3 is 0 Å². The lowest BCUT2D eigenvalue weighted by Gasteiger charge is -2.25. The van der Waals surface area contributed by atoms with Gasteiger partial charge in [0.25, 0.3) is 0 Å². The maximum absolute atomic E-state index is 6.44. The molecule has 0 spiro atoms. The largest absolute Gasteiger partial charge is 0.493 e. The molecule has 112 valence electrons. The van der Waals surface area contributed by atoms with Crippen LogP contribution in [0.15, 0.2) is 42.7 Å². The highest BCUT2D eigenvalue weighted by Gasteiger charge is 2.20. The van der Waals surface area contributed by atoms with Crippen molar-refractivity contribution in [2.75, 3.05) is 14.2 Å². The standard InChI is InChI=1S/C17H22N2O2/c1-17(18,11-14-5-4-8-19-12-14)10-13-6-7-15(20-2)16(9-13)21-3/h4-9,12H,10-11,18H2,1-3H3. The molecule has 0 aliphatic carbocycles. The minimum Gasteiger partial charge on any atom is -0.493 e. The lowest BCUT2D eigenvalue weighted by molar-refractivity contribution is 0.354. The summed E-state index contributed by atoms with van der Waals surface area (Å²) in [6.07, 6.45) is 5.16. The molecular formula is C17H22N2O2. The molecule has 1 aromatic heterocycles. The Morgan fingerprint density at radius 2 is 1.76 bits per heavy atom. The van der Waals surface area contributed by atoms with Crippen molar-refractivity contribution in [1.29, 1.82) is 0 Å². The molecule has 2 N–H and O–H groups in total. The van der Waals surface area contributed by atoms with Gasteiger partial charge in [0.1, 0.15) is 0 Å². The second-order valence-electron chi connectivity index (χ2n) is 5.56. The summed E-state index contributed by atoms with van der Waals surface area (Å²) in [6, 6.07) is 9.89. The summed E-state index contributed by atoms with van der Waals surface area (Å²) >= 11 is 0. The number of nitrogens with zero attached hydrogens (tertiary/aromatic N) is 1. The molecule has 0 saturated carbocycles. The predicted octanol–water partition coefficient (Wildman–Crippen LogP) is 2.60. The Labute approximate surface area is 125 Å². The molecule has 1 heterocycles. The van der Waals surface area contributed by atoms with Gasteiger partial charge in [-0.25, -0.2) is 0 Å². The number of aromatic nitrogens is 1. The summed E-state index contributed by atoms with van der Waals surface area (Å²) in [7, 11) is 3.27. The van der Waals surface area contributed by atoms with E-state index in [2.05, 4.69) is 11.9 Å². The number of hydrogen-bond donors (Lipinski definition) is 1. The Morgan fingerprint density at radius 1 is 1.05 bits per heavy atom. The molecule has 0 aliphatic heterocycles. The van der Waals surface area contributed by atoms with Crippen molar-refractivity contribution in [1.82, 2.24) is 4.98 Å². The van der Waals surface area contributed by atoms with Crippen molar-refractivity contribution in [2.24, 2.45) is 5.73 Å². The second kappa shape index (κ2) is 6.59. The predicted molar refractivity (Wildman–Crippen MR) is 83.8 cm³/mol. The van der Waals surface area contributed by atoms with Crippen LogP contribution in [-0.2, 0) is 12.8 Å². The summed E-state index contributed by atoms with van der Waals surface area (Å²) < 4.78 is 10.6. The molecule has 2 aromatic rings. The minimum absolute atomic E-state index is 0.345. The zero-order valence-electron chi connectivity index (χ0n) is 12.8. The number of hydrogen-bond acceptors (Lipinski definition) is 4. The van der Waals surface area contributed by atoms with E-state index in [-0.39, 0.29) is 5.54 Å². The molecule has 0 bridgehead atoms. The molecule has 0 amide bonds. The highest BCUT2D eigenvalue weighted by Crippen LogP contribution is 2.29. The van der Waals surface area contributed by atoms with Crippen LogP contribution in [0.5, 0.6) is 11.5 Å². The van der Waals surface area contributed by atoms with Crippen LogP contribution in [-0.4, -0.2) is 24.7 Å². The topological polar surface area (TPSA) is 57.4 Å². The Balaban J connectivity index is 2.12. The van der Waals surface area contributed by atoms with Crippen LogP contribution in [0.3, 0.4) is 0 Å². The van der Waals surface area contributed by atoms with Crippen molar-refractivity contribution in [3.05, 3.63) is 53.9 Å². The van der Waals surface area contributed by atoms with Crippen LogP contribution >= 0.6 is 0 Å². The van der Waals surface area contributed by atoms with Crippen molar-refractivity contribution in [2.45, 2.75) is 25.3 Å². The number of methoxy groups -OCH3 is 2. The molecule has 21 heavy (non-hydrogen) atoms. The van der Waals surface area contributed by atoms with Crippen LogP contribution in [0, 0.1) is 0 Å². The fourth-order valence-electron chi connectivity index (χ4n) is 2.49. The van der Waals surface area contributed by atoms with Gasteiger partial charge in [0.15, 0.2) is 11.5 Å². The van der Waals surface area contributed by atoms with E-state index in [1.165, 1.54) is 0 Å². The third kappa shape index (κ3) is 4.20. The Hall–Kier alpha value is -2.07. The van der Waals surface area contributed by atoms with E-state index in [9.17, 15) is 0 Å². The normalized spacial score (nSPS) is 13.5. The number of ether oxygens (including phenoxy) is 2. The second-order valence-corrected chi connectivity index (χ2v) is 5.56. The van der Waals surface area contributed by atoms with Gasteiger partial charge in [0.2, 0.25) is 0 Å². The fourth-order valence-corrected chi connectivity index (χ4v) is 2.49. The van der Waals surface area contributed by atoms with Gasteiger partial charge < -0.3 is 15.2 Å². The van der Waals surface area contributed by atoms with Crippen LogP contribution in [0.1, 0.15) is 18.1 Å². The average molecular weight is 286 g/mol. The SMILES string of the molecule is COc1ccc(CC(C)(N)Cc2cccnc2)cc1OC. The summed E-state index contributed by atoms with van der Waals surface area (Å²) in [5.41, 5.74) is 8.37. The van der Waals surface area contributed by atoms with E-state index < -0.39 is 0 Å². The average Bonchev–Trinajstić information content (AvgIpc) is 2.47. The molecular weight excluding hydrogens is 264 g/mol. The van der Waals surface area contributed by atoms with E-state index in [1.54, 1.807) is 20.4 Å². The van der Waals surface area contributed by atoms with Crippen LogP contribution in [0.25, 0.3) is 0 Å². The van der Waals surface area contributed by atoms with E-state index in [0.717, 1.165) is 35.5 Å². The van der Waals surface area contributed by atoms with Gasteiger partial charge in [-0.1, -0.05) is 12.1 Å². The lowest BCUT2D eigenvalue weighted by Crippen LogP contribution is -2.40. The molecule has 0 fully saturated rings. The maximum Gasteiger partial charge on any atom is 0.160 e. The molecule has 1 atom stereocenters. The van der Waals surface area contributed by atoms with Gasteiger partial charge in [-0.15, -0.1) is 0 Å². The first-order chi connectivity index (χ1) is 10.0. The summed E-state index contributed by atoms with van der Waals surface area (Å²) in [4.78, 5) is 4.13. The van der Waals surface area contributed by atoms with Gasteiger partial charge in [0, 0.05) is 17.9 Å². The number of nitrogens with two attached hydrogens (primary N) is 1. The highest BCUT2D eigenvalue weighted by molar-refractivity contribution is 5.43. The van der Waals surface area contributed by atoms with Crippen LogP contribution in [0.2, 0.25) is 0 Å². The maximum atomic E-state index is 6.44. The van der Waals surface area contributed by atoms with E-state index in [4.69, 9.17) is 15.2 Å². The summed E-state index contributed by atoms with van der Waals surface area (Å²) in [6.45, 7) is 2.05. The molecule has 0 aliphatic rings. The smallest absolute Gasteiger partial charge is 0.160 e. The molecule has 4 nitrogen and oxygen atoms in total. The van der Waals surface area contributed by atoms with Crippen molar-refractivity contribution in [3.8, 4) is 11.5 Å². The van der Waals surface area contributed by atoms with Crippen molar-refractivity contribution in [3.63, 3.8) is 0 Å². The summed E-state index contributed by atoms with van der Waals surface area (Å²) in [5, 5.41) is 0. The number of rotatable bonds is 6. The Kier molecular flexibility index (Phi) is 4.81. The first-order valence-corrected chi connectivity index (χ1v) is 6.93. The van der Waals surface area contributed by atoms with Crippen molar-refractivity contribution < 1.29 is 9.47 Å².